The van der Waals surface area contributed by atoms with Gasteiger partial charge >= 0.3 is 5.97 Å². The molecule has 0 saturated carbocycles. The zero-order valence-electron chi connectivity index (χ0n) is 9.36. The van der Waals surface area contributed by atoms with Gasteiger partial charge in [-0.2, -0.15) is 0 Å². The highest BCUT2D eigenvalue weighted by Crippen LogP contribution is 2.26. The van der Waals surface area contributed by atoms with Crippen molar-refractivity contribution in [3.63, 3.8) is 0 Å². The molecule has 0 saturated heterocycles. The quantitative estimate of drug-likeness (QED) is 0.588. The first kappa shape index (κ1) is 12.9. The lowest BCUT2D eigenvalue weighted by molar-refractivity contribution is 0.0526. The van der Waals surface area contributed by atoms with E-state index in [1.807, 2.05) is 0 Å². The largest absolute Gasteiger partial charge is 0.462 e. The van der Waals surface area contributed by atoms with Crippen LogP contribution in [-0.2, 0) is 20.0 Å². The summed E-state index contributed by atoms with van der Waals surface area (Å²) in [6.45, 7) is 2.12. The van der Waals surface area contributed by atoms with Crippen LogP contribution in [-0.4, -0.2) is 19.7 Å². The molecule has 0 aliphatic rings. The molecule has 88 valence electrons. The number of carbonyl (C=O) groups excluding carboxylic acids is 1. The molecule has 0 N–H and O–H groups in total. The molecule has 4 nitrogen and oxygen atoms in total. The van der Waals surface area contributed by atoms with Crippen molar-refractivity contribution in [1.29, 1.82) is 0 Å². The van der Waals surface area contributed by atoms with E-state index in [9.17, 15) is 9.36 Å². The Kier molecular flexibility index (Phi) is 5.23. The number of benzene rings is 1. The standard InChI is InChI=1S/C11H15O4P/c1-3-15-11(12)10-6-4-9(5-7-10)8-16(13)14-2/h4-7,16H,3,8H2,1-2H3. The molecular weight excluding hydrogens is 227 g/mol. The third kappa shape index (κ3) is 3.80. The van der Waals surface area contributed by atoms with Crippen molar-refractivity contribution in [2.75, 3.05) is 13.7 Å². The van der Waals surface area contributed by atoms with E-state index in [1.165, 1.54) is 7.11 Å². The molecule has 1 aromatic carbocycles. The maximum absolute atomic E-state index is 11.3. The molecule has 0 radical (unpaired) electrons. The minimum atomic E-state index is -1.99. The molecule has 1 rings (SSSR count). The Hall–Kier alpha value is -1.12. The van der Waals surface area contributed by atoms with E-state index < -0.39 is 8.03 Å². The smallest absolute Gasteiger partial charge is 0.338 e. The molecule has 1 atom stereocenters. The van der Waals surface area contributed by atoms with Crippen LogP contribution in [0.5, 0.6) is 0 Å². The SMILES string of the molecule is CCOC(=O)c1ccc(C[PH](=O)OC)cc1. The van der Waals surface area contributed by atoms with Gasteiger partial charge in [0, 0.05) is 13.3 Å². The fourth-order valence-electron chi connectivity index (χ4n) is 1.21. The zero-order chi connectivity index (χ0) is 12.0. The third-order valence-corrected chi connectivity index (χ3v) is 3.19. The molecule has 0 fully saturated rings. The van der Waals surface area contributed by atoms with E-state index in [0.717, 1.165) is 5.56 Å². The summed E-state index contributed by atoms with van der Waals surface area (Å²) in [6.07, 6.45) is 0.393. The van der Waals surface area contributed by atoms with Crippen molar-refractivity contribution < 1.29 is 18.6 Å². The first-order valence-electron chi connectivity index (χ1n) is 5.00. The average molecular weight is 242 g/mol. The molecule has 0 heterocycles. The average Bonchev–Trinajstić information content (AvgIpc) is 2.30. The lowest BCUT2D eigenvalue weighted by Gasteiger charge is -2.03. The predicted octanol–water partition coefficient (Wildman–Crippen LogP) is 2.48. The molecule has 5 heteroatoms. The fourth-order valence-corrected chi connectivity index (χ4v) is 1.93. The Balaban J connectivity index is 2.67. The number of carbonyl (C=O) groups is 1. The van der Waals surface area contributed by atoms with Crippen LogP contribution in [0, 0.1) is 0 Å². The van der Waals surface area contributed by atoms with Gasteiger partial charge in [0.25, 0.3) is 0 Å². The van der Waals surface area contributed by atoms with E-state index in [0.29, 0.717) is 18.3 Å². The van der Waals surface area contributed by atoms with Gasteiger partial charge in [-0.1, -0.05) is 12.1 Å². The highest BCUT2D eigenvalue weighted by atomic mass is 31.1. The molecule has 1 unspecified atom stereocenters. The summed E-state index contributed by atoms with van der Waals surface area (Å²) in [5.74, 6) is -0.339. The Morgan fingerprint density at radius 1 is 1.31 bits per heavy atom. The van der Waals surface area contributed by atoms with Gasteiger partial charge in [-0.05, 0) is 24.6 Å². The first-order valence-corrected chi connectivity index (χ1v) is 6.52. The Morgan fingerprint density at radius 2 is 1.94 bits per heavy atom. The highest BCUT2D eigenvalue weighted by molar-refractivity contribution is 7.38. The predicted molar refractivity (Wildman–Crippen MR) is 62.1 cm³/mol. The summed E-state index contributed by atoms with van der Waals surface area (Å²) in [7, 11) is -0.565. The summed E-state index contributed by atoms with van der Waals surface area (Å²) < 4.78 is 20.7. The van der Waals surface area contributed by atoms with Crippen LogP contribution < -0.4 is 0 Å². The Labute approximate surface area is 95.4 Å². The number of ether oxygens (including phenoxy) is 1. The van der Waals surface area contributed by atoms with Crippen LogP contribution in [0.2, 0.25) is 0 Å². The van der Waals surface area contributed by atoms with Crippen LogP contribution in [0.1, 0.15) is 22.8 Å². The van der Waals surface area contributed by atoms with E-state index >= 15 is 0 Å². The molecule has 1 aromatic rings. The minimum absolute atomic E-state index is 0.339. The van der Waals surface area contributed by atoms with Crippen molar-refractivity contribution in [2.24, 2.45) is 0 Å². The van der Waals surface area contributed by atoms with Crippen molar-refractivity contribution in [1.82, 2.24) is 0 Å². The van der Waals surface area contributed by atoms with Crippen LogP contribution in [0.15, 0.2) is 24.3 Å². The van der Waals surface area contributed by atoms with E-state index in [4.69, 9.17) is 9.26 Å². The van der Waals surface area contributed by atoms with Gasteiger partial charge in [0.1, 0.15) is 0 Å². The lowest BCUT2D eigenvalue weighted by atomic mass is 10.1. The highest BCUT2D eigenvalue weighted by Gasteiger charge is 2.06. The van der Waals surface area contributed by atoms with Gasteiger partial charge in [0.2, 0.25) is 0 Å². The van der Waals surface area contributed by atoms with E-state index in [-0.39, 0.29) is 5.97 Å². The van der Waals surface area contributed by atoms with Gasteiger partial charge in [-0.15, -0.1) is 0 Å². The van der Waals surface area contributed by atoms with Gasteiger partial charge in [0.15, 0.2) is 8.03 Å². The minimum Gasteiger partial charge on any atom is -0.462 e. The van der Waals surface area contributed by atoms with Crippen molar-refractivity contribution in [2.45, 2.75) is 13.1 Å². The van der Waals surface area contributed by atoms with Crippen LogP contribution in [0.3, 0.4) is 0 Å². The molecule has 0 bridgehead atoms. The van der Waals surface area contributed by atoms with E-state index in [2.05, 4.69) is 0 Å². The topological polar surface area (TPSA) is 52.6 Å². The second kappa shape index (κ2) is 6.46. The summed E-state index contributed by atoms with van der Waals surface area (Å²) in [5, 5.41) is 0. The summed E-state index contributed by atoms with van der Waals surface area (Å²) in [5.41, 5.74) is 1.39. The Bertz CT molecular complexity index is 372. The number of hydrogen-bond acceptors (Lipinski definition) is 4. The summed E-state index contributed by atoms with van der Waals surface area (Å²) in [4.78, 5) is 11.3. The maximum Gasteiger partial charge on any atom is 0.338 e. The molecular formula is C11H15O4P. The van der Waals surface area contributed by atoms with Gasteiger partial charge < -0.3 is 9.26 Å². The van der Waals surface area contributed by atoms with Crippen LogP contribution in [0.25, 0.3) is 0 Å². The maximum atomic E-state index is 11.3. The molecule has 16 heavy (non-hydrogen) atoms. The number of esters is 1. The zero-order valence-corrected chi connectivity index (χ0v) is 10.4. The second-order valence-corrected chi connectivity index (χ2v) is 4.68. The van der Waals surface area contributed by atoms with Gasteiger partial charge in [-0.25, -0.2) is 4.79 Å². The fraction of sp³-hybridized carbons (Fsp3) is 0.364. The van der Waals surface area contributed by atoms with Crippen molar-refractivity contribution >= 4 is 14.0 Å². The molecule has 0 aliphatic heterocycles. The van der Waals surface area contributed by atoms with Crippen molar-refractivity contribution in [3.05, 3.63) is 35.4 Å². The summed E-state index contributed by atoms with van der Waals surface area (Å²) >= 11 is 0. The summed E-state index contributed by atoms with van der Waals surface area (Å²) in [6, 6.07) is 6.85. The monoisotopic (exact) mass is 242 g/mol. The third-order valence-electron chi connectivity index (χ3n) is 2.04. The molecule has 0 spiro atoms. The van der Waals surface area contributed by atoms with E-state index in [1.54, 1.807) is 31.2 Å². The number of rotatable bonds is 5. The van der Waals surface area contributed by atoms with Crippen LogP contribution in [0.4, 0.5) is 0 Å². The normalized spacial score (nSPS) is 12.1. The first-order chi connectivity index (χ1) is 7.67. The number of hydrogen-bond donors (Lipinski definition) is 0. The molecule has 0 amide bonds. The second-order valence-electron chi connectivity index (χ2n) is 3.17. The molecule has 0 aromatic heterocycles. The van der Waals surface area contributed by atoms with Crippen LogP contribution >= 0.6 is 8.03 Å². The Morgan fingerprint density at radius 3 is 2.44 bits per heavy atom. The lowest BCUT2D eigenvalue weighted by Crippen LogP contribution is -2.04. The van der Waals surface area contributed by atoms with Gasteiger partial charge in [0.05, 0.1) is 12.2 Å². The molecule has 0 aliphatic carbocycles. The van der Waals surface area contributed by atoms with Crippen molar-refractivity contribution in [3.8, 4) is 0 Å². The van der Waals surface area contributed by atoms with Gasteiger partial charge in [-0.3, -0.25) is 4.57 Å².